The first kappa shape index (κ1) is 27.6. The fraction of sp³-hybridized carbons (Fsp3) is 0.242. The Morgan fingerprint density at radius 2 is 1.62 bits per heavy atom. The molecule has 1 atom stereocenters. The average Bonchev–Trinajstić information content (AvgIpc) is 2.98. The summed E-state index contributed by atoms with van der Waals surface area (Å²) >= 11 is 0. The Kier molecular flexibility index (Phi) is 9.10. The number of carbonyl (C=O) groups excluding carboxylic acids is 1. The number of amides is 1. The number of carbonyl (C=O) groups is 1. The number of benzene rings is 4. The van der Waals surface area contributed by atoms with E-state index in [1.165, 1.54) is 0 Å². The zero-order valence-electron chi connectivity index (χ0n) is 23.0. The number of nitrogens with zero attached hydrogens (tertiary/aromatic N) is 1. The van der Waals surface area contributed by atoms with Crippen molar-refractivity contribution in [2.24, 2.45) is 0 Å². The monoisotopic (exact) mass is 525 g/mol. The maximum Gasteiger partial charge on any atom is 0.410 e. The van der Waals surface area contributed by atoms with Crippen molar-refractivity contribution in [3.63, 3.8) is 0 Å². The molecule has 0 unspecified atom stereocenters. The largest absolute Gasteiger partial charge is 0.497 e. The normalized spacial score (nSPS) is 11.9. The van der Waals surface area contributed by atoms with Crippen LogP contribution in [-0.4, -0.2) is 44.9 Å². The third-order valence-electron chi connectivity index (χ3n) is 6.76. The minimum atomic E-state index is -0.393. The molecule has 39 heavy (non-hydrogen) atoms. The first-order valence-corrected chi connectivity index (χ1v) is 12.9. The molecule has 0 aliphatic rings. The Balaban J connectivity index is 1.78. The second kappa shape index (κ2) is 12.9. The molecule has 0 aliphatic carbocycles. The van der Waals surface area contributed by atoms with Gasteiger partial charge in [0.25, 0.3) is 0 Å². The lowest BCUT2D eigenvalue weighted by Crippen LogP contribution is -2.41. The summed E-state index contributed by atoms with van der Waals surface area (Å²) in [6, 6.07) is 21.6. The van der Waals surface area contributed by atoms with E-state index in [-0.39, 0.29) is 12.6 Å². The van der Waals surface area contributed by atoms with E-state index in [4.69, 9.17) is 18.9 Å². The molecule has 0 fully saturated rings. The highest BCUT2D eigenvalue weighted by Gasteiger charge is 2.24. The van der Waals surface area contributed by atoms with Crippen LogP contribution in [0, 0.1) is 0 Å². The number of methoxy groups -OCH3 is 3. The maximum absolute atomic E-state index is 13.3. The highest BCUT2D eigenvalue weighted by molar-refractivity contribution is 6.10. The van der Waals surface area contributed by atoms with E-state index in [1.807, 2.05) is 79.7 Å². The number of hydrogen-bond acceptors (Lipinski definition) is 5. The van der Waals surface area contributed by atoms with Gasteiger partial charge in [-0.05, 0) is 70.3 Å². The first-order chi connectivity index (χ1) is 19.0. The summed E-state index contributed by atoms with van der Waals surface area (Å²) < 4.78 is 22.5. The molecule has 0 saturated carbocycles. The van der Waals surface area contributed by atoms with E-state index in [9.17, 15) is 4.79 Å². The minimum absolute atomic E-state index is 0.202. The average molecular weight is 526 g/mol. The molecule has 0 bridgehead atoms. The maximum atomic E-state index is 13.3. The fourth-order valence-electron chi connectivity index (χ4n) is 4.84. The van der Waals surface area contributed by atoms with Crippen molar-refractivity contribution in [3.8, 4) is 17.2 Å². The minimum Gasteiger partial charge on any atom is -0.497 e. The van der Waals surface area contributed by atoms with Gasteiger partial charge >= 0.3 is 6.09 Å². The lowest BCUT2D eigenvalue weighted by atomic mass is 9.92. The molecule has 0 spiro atoms. The van der Waals surface area contributed by atoms with Crippen LogP contribution >= 0.6 is 0 Å². The van der Waals surface area contributed by atoms with E-state index < -0.39 is 6.09 Å². The van der Waals surface area contributed by atoms with E-state index >= 15 is 0 Å². The van der Waals surface area contributed by atoms with Crippen molar-refractivity contribution in [2.75, 3.05) is 27.9 Å². The summed E-state index contributed by atoms with van der Waals surface area (Å²) in [6.45, 7) is 6.39. The molecule has 0 saturated heterocycles. The van der Waals surface area contributed by atoms with Crippen LogP contribution in [0.1, 0.15) is 18.1 Å². The Morgan fingerprint density at radius 3 is 2.26 bits per heavy atom. The van der Waals surface area contributed by atoms with Gasteiger partial charge in [-0.15, -0.1) is 6.58 Å². The zero-order valence-corrected chi connectivity index (χ0v) is 23.0. The summed E-state index contributed by atoms with van der Waals surface area (Å²) in [7, 11) is 4.92. The lowest BCUT2D eigenvalue weighted by Gasteiger charge is -2.29. The summed E-state index contributed by atoms with van der Waals surface area (Å²) in [4.78, 5) is 15.0. The Labute approximate surface area is 230 Å². The van der Waals surface area contributed by atoms with Crippen molar-refractivity contribution in [3.05, 3.63) is 103 Å². The number of fused-ring (bicyclic) bond motifs is 3. The predicted molar refractivity (Wildman–Crippen MR) is 157 cm³/mol. The van der Waals surface area contributed by atoms with Crippen LogP contribution in [0.25, 0.3) is 21.5 Å². The third-order valence-corrected chi connectivity index (χ3v) is 6.76. The molecule has 0 radical (unpaired) electrons. The van der Waals surface area contributed by atoms with E-state index in [0.29, 0.717) is 24.5 Å². The van der Waals surface area contributed by atoms with Gasteiger partial charge in [0.2, 0.25) is 0 Å². The number of hydrogen-bond donors (Lipinski definition) is 0. The molecule has 0 N–H and O–H groups in total. The Morgan fingerprint density at radius 1 is 0.897 bits per heavy atom. The topological polar surface area (TPSA) is 57.2 Å². The quantitative estimate of drug-likeness (QED) is 0.152. The molecule has 4 aromatic carbocycles. The molecule has 0 aromatic heterocycles. The molecule has 6 nitrogen and oxygen atoms in total. The van der Waals surface area contributed by atoms with Gasteiger partial charge in [-0.25, -0.2) is 4.79 Å². The third kappa shape index (κ3) is 6.17. The Hall–Kier alpha value is -4.45. The standard InChI is InChI=1S/C33H35NO5/c1-6-11-26(34(16-7-2)33(35)39-22-23-12-9-8-10-13-23)18-25-17-24-14-15-27(36-3)19-28(24)30-21-32(38-5)31(37-4)20-29(25)30/h6-15,17,19-21,26H,2,16,18,22H2,1,3-5H3/b11-6+/t26-/m1/s1. The highest BCUT2D eigenvalue weighted by atomic mass is 16.6. The summed E-state index contributed by atoms with van der Waals surface area (Å²) in [6.07, 6.45) is 5.88. The molecule has 6 heteroatoms. The van der Waals surface area contributed by atoms with Crippen molar-refractivity contribution >= 4 is 27.6 Å². The molecule has 0 heterocycles. The van der Waals surface area contributed by atoms with Gasteiger partial charge in [0, 0.05) is 6.54 Å². The van der Waals surface area contributed by atoms with Gasteiger partial charge in [0.1, 0.15) is 12.4 Å². The van der Waals surface area contributed by atoms with Gasteiger partial charge in [-0.2, -0.15) is 0 Å². The molecule has 4 rings (SSSR count). The van der Waals surface area contributed by atoms with Crippen molar-refractivity contribution in [1.29, 1.82) is 0 Å². The Bertz CT molecular complexity index is 1480. The lowest BCUT2D eigenvalue weighted by molar-refractivity contribution is 0.0918. The molecule has 1 amide bonds. The second-order valence-corrected chi connectivity index (χ2v) is 9.15. The molecular weight excluding hydrogens is 490 g/mol. The van der Waals surface area contributed by atoms with E-state index in [0.717, 1.165) is 38.4 Å². The summed E-state index contributed by atoms with van der Waals surface area (Å²) in [5.74, 6) is 2.06. The first-order valence-electron chi connectivity index (χ1n) is 12.9. The number of rotatable bonds is 11. The molecule has 0 aliphatic heterocycles. The van der Waals surface area contributed by atoms with Crippen molar-refractivity contribution < 1.29 is 23.7 Å². The van der Waals surface area contributed by atoms with E-state index in [1.54, 1.807) is 32.3 Å². The predicted octanol–water partition coefficient (Wildman–Crippen LogP) is 7.33. The van der Waals surface area contributed by atoms with Crippen LogP contribution in [0.5, 0.6) is 17.2 Å². The van der Waals surface area contributed by atoms with Crippen LogP contribution in [0.2, 0.25) is 0 Å². The molecule has 4 aromatic rings. The van der Waals surface area contributed by atoms with Crippen LogP contribution < -0.4 is 14.2 Å². The van der Waals surface area contributed by atoms with Crippen LogP contribution in [0.4, 0.5) is 4.79 Å². The van der Waals surface area contributed by atoms with E-state index in [2.05, 4.69) is 12.6 Å². The van der Waals surface area contributed by atoms with Crippen LogP contribution in [-0.2, 0) is 17.8 Å². The molecule has 202 valence electrons. The van der Waals surface area contributed by atoms with Crippen LogP contribution in [0.15, 0.2) is 91.5 Å². The van der Waals surface area contributed by atoms with Crippen molar-refractivity contribution in [2.45, 2.75) is 26.0 Å². The number of ether oxygens (including phenoxy) is 4. The van der Waals surface area contributed by atoms with Gasteiger partial charge < -0.3 is 18.9 Å². The molecular formula is C33H35NO5. The summed E-state index contributed by atoms with van der Waals surface area (Å²) in [5.41, 5.74) is 2.00. The van der Waals surface area contributed by atoms with Gasteiger partial charge in [-0.1, -0.05) is 60.7 Å². The second-order valence-electron chi connectivity index (χ2n) is 9.15. The van der Waals surface area contributed by atoms with Crippen LogP contribution in [0.3, 0.4) is 0 Å². The van der Waals surface area contributed by atoms with Crippen molar-refractivity contribution in [1.82, 2.24) is 4.90 Å². The summed E-state index contributed by atoms with van der Waals surface area (Å²) in [5, 5.41) is 4.13. The van der Waals surface area contributed by atoms with Gasteiger partial charge in [0.15, 0.2) is 11.5 Å². The highest BCUT2D eigenvalue weighted by Crippen LogP contribution is 2.39. The zero-order chi connectivity index (χ0) is 27.8. The SMILES string of the molecule is C=CCN(C(=O)OCc1ccccc1)[C@H](/C=C/C)Cc1cc2ccc(OC)cc2c2cc(OC)c(OC)cc12. The van der Waals surface area contributed by atoms with Gasteiger partial charge in [-0.3, -0.25) is 4.90 Å². The van der Waals surface area contributed by atoms with Gasteiger partial charge in [0.05, 0.1) is 27.4 Å². The number of allylic oxidation sites excluding steroid dienone is 1. The fourth-order valence-corrected chi connectivity index (χ4v) is 4.84. The smallest absolute Gasteiger partial charge is 0.410 e.